The van der Waals surface area contributed by atoms with Gasteiger partial charge in [-0.2, -0.15) is 0 Å². The van der Waals surface area contributed by atoms with Crippen LogP contribution >= 0.6 is 0 Å². The predicted molar refractivity (Wildman–Crippen MR) is 53.3 cm³/mol. The van der Waals surface area contributed by atoms with E-state index < -0.39 is 23.9 Å². The minimum absolute atomic E-state index is 0.268. The average molecular weight is 219 g/mol. The molecule has 1 aliphatic rings. The molecule has 1 fully saturated rings. The van der Waals surface area contributed by atoms with Crippen molar-refractivity contribution in [1.82, 2.24) is 4.90 Å². The molecule has 0 unspecified atom stereocenters. The molecule has 15 heavy (non-hydrogen) atoms. The second kappa shape index (κ2) is 4.35. The van der Waals surface area contributed by atoms with Crippen molar-refractivity contribution in [3.63, 3.8) is 0 Å². The number of aliphatic hydroxyl groups excluding tert-OH is 1. The van der Waals surface area contributed by atoms with Gasteiger partial charge in [-0.05, 0) is 27.2 Å². The minimum atomic E-state index is -1.15. The van der Waals surface area contributed by atoms with Gasteiger partial charge in [0.2, 0.25) is 0 Å². The lowest BCUT2D eigenvalue weighted by atomic mass is 10.2. The molecule has 88 valence electrons. The molecule has 5 heteroatoms. The SMILES string of the molecule is CC(C)(C)OC(=O)N1CC[C@H](F)[C@H]1CO. The summed E-state index contributed by atoms with van der Waals surface area (Å²) in [4.78, 5) is 12.9. The maximum Gasteiger partial charge on any atom is 0.410 e. The van der Waals surface area contributed by atoms with Gasteiger partial charge >= 0.3 is 6.09 Å². The fraction of sp³-hybridized carbons (Fsp3) is 0.900. The fourth-order valence-corrected chi connectivity index (χ4v) is 1.58. The number of rotatable bonds is 1. The lowest BCUT2D eigenvalue weighted by molar-refractivity contribution is 0.0129. The van der Waals surface area contributed by atoms with E-state index in [4.69, 9.17) is 9.84 Å². The first-order valence-corrected chi connectivity index (χ1v) is 5.09. The Morgan fingerprint density at radius 2 is 2.20 bits per heavy atom. The number of hydrogen-bond donors (Lipinski definition) is 1. The van der Waals surface area contributed by atoms with Crippen LogP contribution in [0, 0.1) is 0 Å². The van der Waals surface area contributed by atoms with Crippen molar-refractivity contribution >= 4 is 6.09 Å². The normalized spacial score (nSPS) is 26.9. The molecule has 1 saturated heterocycles. The molecular weight excluding hydrogens is 201 g/mol. The van der Waals surface area contributed by atoms with Gasteiger partial charge in [0, 0.05) is 6.54 Å². The minimum Gasteiger partial charge on any atom is -0.444 e. The quantitative estimate of drug-likeness (QED) is 0.723. The standard InChI is InChI=1S/C10H18FNO3/c1-10(2,3)15-9(14)12-5-4-7(11)8(12)6-13/h7-8,13H,4-6H2,1-3H3/t7-,8+/m0/s1. The van der Waals surface area contributed by atoms with E-state index in [0.717, 1.165) is 0 Å². The van der Waals surface area contributed by atoms with Crippen molar-refractivity contribution in [2.75, 3.05) is 13.2 Å². The van der Waals surface area contributed by atoms with E-state index in [0.29, 0.717) is 6.54 Å². The zero-order valence-corrected chi connectivity index (χ0v) is 9.36. The van der Waals surface area contributed by atoms with E-state index in [-0.39, 0.29) is 13.0 Å². The summed E-state index contributed by atoms with van der Waals surface area (Å²) in [6.07, 6.45) is -1.44. The fourth-order valence-electron chi connectivity index (χ4n) is 1.58. The Kier molecular flexibility index (Phi) is 3.54. The topological polar surface area (TPSA) is 49.8 Å². The van der Waals surface area contributed by atoms with Crippen LogP contribution in [-0.4, -0.2) is 47.1 Å². The first-order chi connectivity index (χ1) is 6.85. The summed E-state index contributed by atoms with van der Waals surface area (Å²) < 4.78 is 18.3. The molecule has 0 spiro atoms. The Balaban J connectivity index is 2.60. The second-order valence-electron chi connectivity index (χ2n) is 4.73. The predicted octanol–water partition coefficient (Wildman–Crippen LogP) is 1.33. The molecule has 1 amide bonds. The molecule has 0 aliphatic carbocycles. The molecule has 0 radical (unpaired) electrons. The Morgan fingerprint density at radius 1 is 1.60 bits per heavy atom. The highest BCUT2D eigenvalue weighted by Gasteiger charge is 2.38. The number of amides is 1. The van der Waals surface area contributed by atoms with E-state index in [1.54, 1.807) is 20.8 Å². The van der Waals surface area contributed by atoms with Crippen LogP contribution in [0.1, 0.15) is 27.2 Å². The molecule has 0 saturated carbocycles. The van der Waals surface area contributed by atoms with E-state index in [9.17, 15) is 9.18 Å². The van der Waals surface area contributed by atoms with Crippen LogP contribution in [0.3, 0.4) is 0 Å². The molecule has 0 bridgehead atoms. The number of ether oxygens (including phenoxy) is 1. The van der Waals surface area contributed by atoms with Crippen molar-refractivity contribution in [3.8, 4) is 0 Å². The van der Waals surface area contributed by atoms with Crippen LogP contribution in [0.4, 0.5) is 9.18 Å². The molecular formula is C10H18FNO3. The number of hydrogen-bond acceptors (Lipinski definition) is 3. The van der Waals surface area contributed by atoms with Gasteiger partial charge in [-0.3, -0.25) is 4.90 Å². The maximum atomic E-state index is 13.2. The van der Waals surface area contributed by atoms with Crippen LogP contribution in [-0.2, 0) is 4.74 Å². The van der Waals surface area contributed by atoms with Gasteiger partial charge < -0.3 is 9.84 Å². The zero-order chi connectivity index (χ0) is 11.6. The zero-order valence-electron chi connectivity index (χ0n) is 9.36. The summed E-state index contributed by atoms with van der Waals surface area (Å²) in [7, 11) is 0. The molecule has 2 atom stereocenters. The lowest BCUT2D eigenvalue weighted by Crippen LogP contribution is -2.43. The Morgan fingerprint density at radius 3 is 2.67 bits per heavy atom. The molecule has 1 N–H and O–H groups in total. The van der Waals surface area contributed by atoms with Gasteiger partial charge in [0.15, 0.2) is 0 Å². The molecule has 1 aliphatic heterocycles. The number of aliphatic hydroxyl groups is 1. The van der Waals surface area contributed by atoms with E-state index in [1.807, 2.05) is 0 Å². The van der Waals surface area contributed by atoms with E-state index in [2.05, 4.69) is 0 Å². The summed E-state index contributed by atoms with van der Waals surface area (Å²) in [6, 6.07) is -0.750. The molecule has 0 aromatic rings. The largest absolute Gasteiger partial charge is 0.444 e. The third kappa shape index (κ3) is 3.06. The summed E-state index contributed by atoms with van der Waals surface area (Å²) in [5.41, 5.74) is -0.592. The van der Waals surface area contributed by atoms with Gasteiger partial charge in [-0.1, -0.05) is 0 Å². The summed E-state index contributed by atoms with van der Waals surface area (Å²) in [5, 5.41) is 8.96. The van der Waals surface area contributed by atoms with Crippen molar-refractivity contribution in [3.05, 3.63) is 0 Å². The number of nitrogens with zero attached hydrogens (tertiary/aromatic N) is 1. The highest BCUT2D eigenvalue weighted by molar-refractivity contribution is 5.69. The summed E-state index contributed by atoms with van der Waals surface area (Å²) >= 11 is 0. The first-order valence-electron chi connectivity index (χ1n) is 5.09. The number of carbonyl (C=O) groups excluding carboxylic acids is 1. The molecule has 4 nitrogen and oxygen atoms in total. The van der Waals surface area contributed by atoms with Gasteiger partial charge in [-0.25, -0.2) is 9.18 Å². The van der Waals surface area contributed by atoms with Crippen molar-refractivity contribution < 1.29 is 19.0 Å². The number of halogens is 1. The Bertz CT molecular complexity index is 239. The van der Waals surface area contributed by atoms with Crippen LogP contribution in [0.25, 0.3) is 0 Å². The van der Waals surface area contributed by atoms with Crippen LogP contribution in [0.5, 0.6) is 0 Å². The van der Waals surface area contributed by atoms with E-state index in [1.165, 1.54) is 4.90 Å². The summed E-state index contributed by atoms with van der Waals surface area (Å²) in [6.45, 7) is 5.20. The number of carbonyl (C=O) groups is 1. The Labute approximate surface area is 89.0 Å². The maximum absolute atomic E-state index is 13.2. The third-order valence-corrected chi connectivity index (χ3v) is 2.28. The third-order valence-electron chi connectivity index (χ3n) is 2.28. The smallest absolute Gasteiger partial charge is 0.410 e. The van der Waals surface area contributed by atoms with Crippen molar-refractivity contribution in [2.24, 2.45) is 0 Å². The van der Waals surface area contributed by atoms with Crippen molar-refractivity contribution in [2.45, 2.75) is 45.0 Å². The highest BCUT2D eigenvalue weighted by atomic mass is 19.1. The molecule has 1 rings (SSSR count). The average Bonchev–Trinajstić information content (AvgIpc) is 2.43. The van der Waals surface area contributed by atoms with Crippen LogP contribution in [0.15, 0.2) is 0 Å². The van der Waals surface area contributed by atoms with Crippen LogP contribution in [0.2, 0.25) is 0 Å². The van der Waals surface area contributed by atoms with Gasteiger partial charge in [-0.15, -0.1) is 0 Å². The van der Waals surface area contributed by atoms with Crippen LogP contribution < -0.4 is 0 Å². The number of likely N-dealkylation sites (tertiary alicyclic amines) is 1. The molecule has 0 aromatic heterocycles. The highest BCUT2D eigenvalue weighted by Crippen LogP contribution is 2.23. The molecule has 1 heterocycles. The number of alkyl halides is 1. The molecule has 0 aromatic carbocycles. The van der Waals surface area contributed by atoms with Gasteiger partial charge in [0.1, 0.15) is 11.8 Å². The van der Waals surface area contributed by atoms with Crippen molar-refractivity contribution in [1.29, 1.82) is 0 Å². The van der Waals surface area contributed by atoms with Gasteiger partial charge in [0.05, 0.1) is 12.6 Å². The Hall–Kier alpha value is -0.840. The summed E-state index contributed by atoms with van der Waals surface area (Å²) in [5.74, 6) is 0. The second-order valence-corrected chi connectivity index (χ2v) is 4.73. The monoisotopic (exact) mass is 219 g/mol. The lowest BCUT2D eigenvalue weighted by Gasteiger charge is -2.27. The van der Waals surface area contributed by atoms with E-state index >= 15 is 0 Å². The van der Waals surface area contributed by atoms with Gasteiger partial charge in [0.25, 0.3) is 0 Å². The first kappa shape index (κ1) is 12.2.